The zero-order valence-electron chi connectivity index (χ0n) is 19.6. The number of carbonyl (C=O) groups excluding carboxylic acids is 1. The maximum absolute atomic E-state index is 13.5. The van der Waals surface area contributed by atoms with Crippen LogP contribution in [-0.4, -0.2) is 38.7 Å². The number of nitrogens with zero attached hydrogens (tertiary/aromatic N) is 4. The lowest BCUT2D eigenvalue weighted by molar-refractivity contribution is 0.0704. The summed E-state index contributed by atoms with van der Waals surface area (Å²) >= 11 is 0. The van der Waals surface area contributed by atoms with Crippen molar-refractivity contribution in [2.75, 3.05) is 13.1 Å². The molecule has 0 aliphatic carbocycles. The molecule has 2 aromatic carbocycles. The number of carbonyl (C=O) groups is 1. The Labute approximate surface area is 201 Å². The number of amides is 1. The van der Waals surface area contributed by atoms with E-state index in [4.69, 9.17) is 4.98 Å². The minimum Gasteiger partial charge on any atom is -0.338 e. The molecule has 1 amide bonds. The minimum absolute atomic E-state index is 0.100. The molecule has 4 aromatic rings. The molecule has 1 aliphatic rings. The van der Waals surface area contributed by atoms with Gasteiger partial charge in [-0.25, -0.2) is 0 Å². The maximum atomic E-state index is 13.5. The van der Waals surface area contributed by atoms with E-state index in [1.165, 1.54) is 11.1 Å². The van der Waals surface area contributed by atoms with Gasteiger partial charge in [0.2, 0.25) is 0 Å². The molecule has 1 saturated heterocycles. The van der Waals surface area contributed by atoms with Crippen LogP contribution in [0.1, 0.15) is 57.2 Å². The third-order valence-corrected chi connectivity index (χ3v) is 6.56. The summed E-state index contributed by atoms with van der Waals surface area (Å²) in [6.45, 7) is 4.20. The van der Waals surface area contributed by atoms with E-state index in [1.807, 2.05) is 46.1 Å². The van der Waals surface area contributed by atoms with Gasteiger partial charge in [-0.15, -0.1) is 0 Å². The van der Waals surface area contributed by atoms with Gasteiger partial charge in [0.15, 0.2) is 0 Å². The van der Waals surface area contributed by atoms with Crippen LogP contribution in [0.2, 0.25) is 0 Å². The number of likely N-dealkylation sites (tertiary alicyclic amines) is 1. The number of aromatic nitrogens is 3. The highest BCUT2D eigenvalue weighted by molar-refractivity contribution is 5.95. The van der Waals surface area contributed by atoms with Crippen molar-refractivity contribution < 1.29 is 4.79 Å². The zero-order valence-corrected chi connectivity index (χ0v) is 19.6. The Bertz CT molecular complexity index is 1260. The molecule has 34 heavy (non-hydrogen) atoms. The second kappa shape index (κ2) is 10.0. The lowest BCUT2D eigenvalue weighted by Crippen LogP contribution is -2.39. The third kappa shape index (κ3) is 5.09. The SMILES string of the molecule is Cc1cccc(Cc2cccc([C@H]3CCCN(C(=O)c4ccccc4Cn4cccn4)C3)n2)c1. The van der Waals surface area contributed by atoms with Crippen LogP contribution in [0.25, 0.3) is 0 Å². The number of pyridine rings is 1. The lowest BCUT2D eigenvalue weighted by atomic mass is 9.93. The van der Waals surface area contributed by atoms with Crippen molar-refractivity contribution in [1.82, 2.24) is 19.7 Å². The second-order valence-electron chi connectivity index (χ2n) is 9.17. The van der Waals surface area contributed by atoms with Crippen LogP contribution in [0, 0.1) is 6.92 Å². The van der Waals surface area contributed by atoms with Gasteiger partial charge in [-0.2, -0.15) is 5.10 Å². The minimum atomic E-state index is 0.100. The van der Waals surface area contributed by atoms with Crippen LogP contribution in [-0.2, 0) is 13.0 Å². The fraction of sp³-hybridized carbons (Fsp3) is 0.276. The molecule has 1 atom stereocenters. The summed E-state index contributed by atoms with van der Waals surface area (Å²) in [7, 11) is 0. The van der Waals surface area contributed by atoms with Crippen molar-refractivity contribution in [2.45, 2.75) is 38.6 Å². The first-order valence-electron chi connectivity index (χ1n) is 12.0. The zero-order chi connectivity index (χ0) is 23.3. The number of benzene rings is 2. The number of rotatable bonds is 6. The van der Waals surface area contributed by atoms with Crippen molar-refractivity contribution in [3.05, 3.63) is 119 Å². The van der Waals surface area contributed by atoms with E-state index in [0.29, 0.717) is 13.1 Å². The summed E-state index contributed by atoms with van der Waals surface area (Å²) in [6.07, 6.45) is 6.56. The lowest BCUT2D eigenvalue weighted by Gasteiger charge is -2.33. The molecule has 0 bridgehead atoms. The van der Waals surface area contributed by atoms with Crippen LogP contribution in [0.5, 0.6) is 0 Å². The van der Waals surface area contributed by atoms with Crippen molar-refractivity contribution >= 4 is 5.91 Å². The number of aryl methyl sites for hydroxylation is 1. The summed E-state index contributed by atoms with van der Waals surface area (Å²) in [5.74, 6) is 0.358. The van der Waals surface area contributed by atoms with Crippen molar-refractivity contribution in [3.8, 4) is 0 Å². The van der Waals surface area contributed by atoms with Gasteiger partial charge in [0.1, 0.15) is 0 Å². The molecule has 5 rings (SSSR count). The molecule has 0 spiro atoms. The molecular weight excluding hydrogens is 420 g/mol. The van der Waals surface area contributed by atoms with E-state index in [2.05, 4.69) is 54.5 Å². The topological polar surface area (TPSA) is 51.0 Å². The molecule has 172 valence electrons. The highest BCUT2D eigenvalue weighted by Gasteiger charge is 2.27. The number of hydrogen-bond acceptors (Lipinski definition) is 3. The largest absolute Gasteiger partial charge is 0.338 e. The molecule has 3 heterocycles. The van der Waals surface area contributed by atoms with Gasteiger partial charge in [0, 0.05) is 54.8 Å². The van der Waals surface area contributed by atoms with Crippen LogP contribution < -0.4 is 0 Å². The van der Waals surface area contributed by atoms with Crippen molar-refractivity contribution in [3.63, 3.8) is 0 Å². The average molecular weight is 451 g/mol. The Morgan fingerprint density at radius 3 is 2.76 bits per heavy atom. The van der Waals surface area contributed by atoms with E-state index in [1.54, 1.807) is 6.20 Å². The summed E-state index contributed by atoms with van der Waals surface area (Å²) in [4.78, 5) is 20.6. The highest BCUT2D eigenvalue weighted by atomic mass is 16.2. The molecule has 5 heteroatoms. The van der Waals surface area contributed by atoms with Crippen molar-refractivity contribution in [1.29, 1.82) is 0 Å². The summed E-state index contributed by atoms with van der Waals surface area (Å²) < 4.78 is 1.86. The molecule has 0 saturated carbocycles. The monoisotopic (exact) mass is 450 g/mol. The molecule has 0 radical (unpaired) electrons. The van der Waals surface area contributed by atoms with Crippen LogP contribution >= 0.6 is 0 Å². The van der Waals surface area contributed by atoms with Crippen LogP contribution in [0.15, 0.2) is 85.2 Å². The van der Waals surface area contributed by atoms with Gasteiger partial charge in [0.05, 0.1) is 6.54 Å². The summed E-state index contributed by atoms with van der Waals surface area (Å²) in [5, 5.41) is 4.30. The smallest absolute Gasteiger partial charge is 0.254 e. The molecule has 5 nitrogen and oxygen atoms in total. The van der Waals surface area contributed by atoms with Crippen LogP contribution in [0.4, 0.5) is 0 Å². The normalized spacial score (nSPS) is 15.9. The van der Waals surface area contributed by atoms with E-state index >= 15 is 0 Å². The van der Waals surface area contributed by atoms with Gasteiger partial charge in [0.25, 0.3) is 5.91 Å². The van der Waals surface area contributed by atoms with Gasteiger partial charge in [-0.3, -0.25) is 14.5 Å². The number of hydrogen-bond donors (Lipinski definition) is 0. The standard InChI is InChI=1S/C29H30N4O/c1-22-8-4-9-23(18-22)19-26-12-5-14-28(31-26)25-11-6-16-32(20-25)29(34)27-13-3-2-10-24(27)21-33-17-7-15-30-33/h2-5,7-10,12-15,17-18,25H,6,11,16,19-21H2,1H3/t25-/m0/s1. The predicted octanol–water partition coefficient (Wildman–Crippen LogP) is 5.25. The fourth-order valence-electron chi connectivity index (χ4n) is 4.86. The average Bonchev–Trinajstić information content (AvgIpc) is 3.37. The Morgan fingerprint density at radius 1 is 1.03 bits per heavy atom. The Kier molecular flexibility index (Phi) is 6.52. The van der Waals surface area contributed by atoms with E-state index in [0.717, 1.165) is 48.3 Å². The van der Waals surface area contributed by atoms with Crippen LogP contribution in [0.3, 0.4) is 0 Å². The first-order valence-corrected chi connectivity index (χ1v) is 12.0. The quantitative estimate of drug-likeness (QED) is 0.403. The van der Waals surface area contributed by atoms with Gasteiger partial charge in [-0.05, 0) is 55.2 Å². The highest BCUT2D eigenvalue weighted by Crippen LogP contribution is 2.28. The fourth-order valence-corrected chi connectivity index (χ4v) is 4.86. The molecule has 2 aromatic heterocycles. The third-order valence-electron chi connectivity index (χ3n) is 6.56. The predicted molar refractivity (Wildman–Crippen MR) is 134 cm³/mol. The molecule has 0 N–H and O–H groups in total. The molecule has 1 fully saturated rings. The Hall–Kier alpha value is -3.73. The first kappa shape index (κ1) is 22.1. The molecule has 0 unspecified atom stereocenters. The van der Waals surface area contributed by atoms with Gasteiger partial charge >= 0.3 is 0 Å². The first-order chi connectivity index (χ1) is 16.7. The van der Waals surface area contributed by atoms with Crippen molar-refractivity contribution in [2.24, 2.45) is 0 Å². The van der Waals surface area contributed by atoms with Gasteiger partial charge < -0.3 is 4.90 Å². The molecular formula is C29H30N4O. The maximum Gasteiger partial charge on any atom is 0.254 e. The molecule has 1 aliphatic heterocycles. The van der Waals surface area contributed by atoms with Gasteiger partial charge in [-0.1, -0.05) is 54.1 Å². The summed E-state index contributed by atoms with van der Waals surface area (Å²) in [6, 6.07) is 24.7. The summed E-state index contributed by atoms with van der Waals surface area (Å²) in [5.41, 5.74) is 6.47. The van der Waals surface area contributed by atoms with E-state index in [9.17, 15) is 4.79 Å². The Balaban J connectivity index is 1.31. The van der Waals surface area contributed by atoms with E-state index in [-0.39, 0.29) is 11.8 Å². The van der Waals surface area contributed by atoms with E-state index < -0.39 is 0 Å². The Morgan fingerprint density at radius 2 is 1.91 bits per heavy atom. The number of piperidine rings is 1. The second-order valence-corrected chi connectivity index (χ2v) is 9.17.